The molecule has 0 spiro atoms. The Kier molecular flexibility index (Phi) is 2.26. The molecule has 0 aliphatic rings. The van der Waals surface area contributed by atoms with Crippen LogP contribution in [0.3, 0.4) is 0 Å². The first-order valence-electron chi connectivity index (χ1n) is 6.39. The van der Waals surface area contributed by atoms with Crippen molar-refractivity contribution in [2.24, 2.45) is 0 Å². The number of halogens is 1. The van der Waals surface area contributed by atoms with Crippen LogP contribution in [0.25, 0.3) is 27.8 Å². The maximum absolute atomic E-state index is 14.4. The summed E-state index contributed by atoms with van der Waals surface area (Å²) in [6, 6.07) is 7.05. The maximum atomic E-state index is 14.4. The second-order valence-electron chi connectivity index (χ2n) is 4.85. The Morgan fingerprint density at radius 1 is 1.33 bits per heavy atom. The van der Waals surface area contributed by atoms with Crippen molar-refractivity contribution in [1.82, 2.24) is 24.8 Å². The molecule has 0 saturated heterocycles. The Morgan fingerprint density at radius 3 is 3.05 bits per heavy atom. The fourth-order valence-electron chi connectivity index (χ4n) is 2.46. The summed E-state index contributed by atoms with van der Waals surface area (Å²) in [5.41, 5.74) is 8.67. The van der Waals surface area contributed by atoms with E-state index in [2.05, 4.69) is 20.3 Å². The third kappa shape index (κ3) is 1.60. The van der Waals surface area contributed by atoms with E-state index >= 15 is 0 Å². The van der Waals surface area contributed by atoms with E-state index in [4.69, 9.17) is 5.73 Å². The fourth-order valence-corrected chi connectivity index (χ4v) is 2.46. The molecule has 4 aromatic rings. The smallest absolute Gasteiger partial charge is 0.183 e. The number of aromatic amines is 1. The van der Waals surface area contributed by atoms with Crippen LogP contribution < -0.4 is 5.73 Å². The number of hydrogen-bond acceptors (Lipinski definition) is 4. The van der Waals surface area contributed by atoms with Crippen molar-refractivity contribution in [3.63, 3.8) is 0 Å². The van der Waals surface area contributed by atoms with Crippen LogP contribution in [0, 0.1) is 12.7 Å². The van der Waals surface area contributed by atoms with Gasteiger partial charge in [-0.3, -0.25) is 5.10 Å². The van der Waals surface area contributed by atoms with Crippen molar-refractivity contribution in [1.29, 1.82) is 0 Å². The molecule has 7 heteroatoms. The second-order valence-corrected chi connectivity index (χ2v) is 4.85. The molecule has 0 aliphatic carbocycles. The summed E-state index contributed by atoms with van der Waals surface area (Å²) in [5, 5.41) is 11.3. The number of H-pyrrole nitrogens is 1. The quantitative estimate of drug-likeness (QED) is 0.561. The molecule has 4 rings (SSSR count). The molecule has 0 aliphatic heterocycles. The van der Waals surface area contributed by atoms with E-state index in [1.165, 1.54) is 6.07 Å². The topological polar surface area (TPSA) is 84.9 Å². The standard InChI is InChI=1S/C14H11FN6/c1-7-3-2-4-11-9(6-17-21(7)11)12-10(15)5-8-13(16)19-20-14(8)18-12/h2-6H,1H3,(H3,16,18,19,20). The number of aromatic nitrogens is 5. The van der Waals surface area contributed by atoms with Gasteiger partial charge in [0.15, 0.2) is 11.5 Å². The molecule has 21 heavy (non-hydrogen) atoms. The van der Waals surface area contributed by atoms with Crippen LogP contribution in [0.4, 0.5) is 10.2 Å². The van der Waals surface area contributed by atoms with Crippen molar-refractivity contribution in [2.75, 3.05) is 5.73 Å². The van der Waals surface area contributed by atoms with E-state index in [1.807, 2.05) is 25.1 Å². The summed E-state index contributed by atoms with van der Waals surface area (Å²) in [7, 11) is 0. The van der Waals surface area contributed by atoms with Gasteiger partial charge in [-0.2, -0.15) is 10.2 Å². The van der Waals surface area contributed by atoms with Crippen molar-refractivity contribution in [3.8, 4) is 11.3 Å². The van der Waals surface area contributed by atoms with E-state index < -0.39 is 5.82 Å². The van der Waals surface area contributed by atoms with Crippen LogP contribution in [-0.4, -0.2) is 24.8 Å². The highest BCUT2D eigenvalue weighted by Crippen LogP contribution is 2.29. The zero-order valence-electron chi connectivity index (χ0n) is 11.1. The number of aryl methyl sites for hydroxylation is 1. The minimum Gasteiger partial charge on any atom is -0.384 e. The molecule has 6 nitrogen and oxygen atoms in total. The van der Waals surface area contributed by atoms with Crippen LogP contribution in [-0.2, 0) is 0 Å². The number of nitrogens with two attached hydrogens (primary N) is 1. The van der Waals surface area contributed by atoms with E-state index in [1.54, 1.807) is 10.7 Å². The minimum atomic E-state index is -0.452. The van der Waals surface area contributed by atoms with Crippen LogP contribution in [0.2, 0.25) is 0 Å². The maximum Gasteiger partial charge on any atom is 0.183 e. The number of nitrogens with zero attached hydrogens (tertiary/aromatic N) is 4. The number of nitrogen functional groups attached to an aromatic ring is 1. The van der Waals surface area contributed by atoms with Gasteiger partial charge in [-0.15, -0.1) is 0 Å². The molecular weight excluding hydrogens is 271 g/mol. The van der Waals surface area contributed by atoms with Crippen molar-refractivity contribution < 1.29 is 4.39 Å². The number of pyridine rings is 2. The molecule has 0 amide bonds. The predicted octanol–water partition coefficient (Wildman–Crippen LogP) is 2.30. The molecule has 0 aromatic carbocycles. The van der Waals surface area contributed by atoms with Gasteiger partial charge < -0.3 is 5.73 Å². The molecule has 0 atom stereocenters. The fraction of sp³-hybridized carbons (Fsp3) is 0.0714. The van der Waals surface area contributed by atoms with E-state index in [-0.39, 0.29) is 5.69 Å². The predicted molar refractivity (Wildman–Crippen MR) is 77.2 cm³/mol. The number of anilines is 1. The summed E-state index contributed by atoms with van der Waals surface area (Å²) in [4.78, 5) is 4.27. The lowest BCUT2D eigenvalue weighted by molar-refractivity contribution is 0.628. The lowest BCUT2D eigenvalue weighted by atomic mass is 10.1. The van der Waals surface area contributed by atoms with Gasteiger partial charge in [-0.05, 0) is 25.1 Å². The Morgan fingerprint density at radius 2 is 2.19 bits per heavy atom. The van der Waals surface area contributed by atoms with E-state index in [0.717, 1.165) is 11.2 Å². The average molecular weight is 282 g/mol. The summed E-state index contributed by atoms with van der Waals surface area (Å²) >= 11 is 0. The Labute approximate surface area is 118 Å². The van der Waals surface area contributed by atoms with Crippen molar-refractivity contribution >= 4 is 22.4 Å². The van der Waals surface area contributed by atoms with Gasteiger partial charge in [0.05, 0.1) is 17.1 Å². The largest absolute Gasteiger partial charge is 0.384 e. The summed E-state index contributed by atoms with van der Waals surface area (Å²) in [6.07, 6.45) is 1.61. The first kappa shape index (κ1) is 11.8. The first-order chi connectivity index (χ1) is 10.1. The zero-order valence-corrected chi connectivity index (χ0v) is 11.1. The highest BCUT2D eigenvalue weighted by Gasteiger charge is 2.16. The summed E-state index contributed by atoms with van der Waals surface area (Å²) in [6.45, 7) is 1.94. The van der Waals surface area contributed by atoms with Gasteiger partial charge in [0.2, 0.25) is 0 Å². The normalized spacial score (nSPS) is 11.5. The number of hydrogen-bond donors (Lipinski definition) is 2. The minimum absolute atomic E-state index is 0.217. The number of rotatable bonds is 1. The van der Waals surface area contributed by atoms with Crippen molar-refractivity contribution in [2.45, 2.75) is 6.92 Å². The van der Waals surface area contributed by atoms with Crippen molar-refractivity contribution in [3.05, 3.63) is 42.0 Å². The molecule has 4 heterocycles. The molecule has 104 valence electrons. The van der Waals surface area contributed by atoms with Gasteiger partial charge in [-0.25, -0.2) is 13.9 Å². The Hall–Kier alpha value is -2.96. The molecular formula is C14H11FN6. The van der Waals surface area contributed by atoms with E-state index in [0.29, 0.717) is 22.4 Å². The van der Waals surface area contributed by atoms with Crippen LogP contribution >= 0.6 is 0 Å². The molecule has 0 bridgehead atoms. The number of fused-ring (bicyclic) bond motifs is 2. The molecule has 0 unspecified atom stereocenters. The van der Waals surface area contributed by atoms with Gasteiger partial charge in [0.1, 0.15) is 11.5 Å². The van der Waals surface area contributed by atoms with Crippen LogP contribution in [0.15, 0.2) is 30.5 Å². The highest BCUT2D eigenvalue weighted by molar-refractivity contribution is 5.89. The monoisotopic (exact) mass is 282 g/mol. The lowest BCUT2D eigenvalue weighted by Crippen LogP contribution is -1.93. The third-order valence-corrected chi connectivity index (χ3v) is 3.52. The Bertz CT molecular complexity index is 984. The first-order valence-corrected chi connectivity index (χ1v) is 6.39. The third-order valence-electron chi connectivity index (χ3n) is 3.52. The molecule has 3 N–H and O–H groups in total. The van der Waals surface area contributed by atoms with Crippen LogP contribution in [0.5, 0.6) is 0 Å². The molecule has 0 radical (unpaired) electrons. The molecule has 0 saturated carbocycles. The highest BCUT2D eigenvalue weighted by atomic mass is 19.1. The molecule has 0 fully saturated rings. The Balaban J connectivity index is 2.04. The van der Waals surface area contributed by atoms with Crippen LogP contribution in [0.1, 0.15) is 5.69 Å². The molecule has 4 aromatic heterocycles. The summed E-state index contributed by atoms with van der Waals surface area (Å²) < 4.78 is 16.1. The lowest BCUT2D eigenvalue weighted by Gasteiger charge is -2.02. The van der Waals surface area contributed by atoms with Gasteiger partial charge in [0, 0.05) is 11.3 Å². The van der Waals surface area contributed by atoms with Gasteiger partial charge >= 0.3 is 0 Å². The van der Waals surface area contributed by atoms with Gasteiger partial charge in [-0.1, -0.05) is 6.07 Å². The zero-order chi connectivity index (χ0) is 14.6. The summed E-state index contributed by atoms with van der Waals surface area (Å²) in [5.74, 6) is -0.148. The second kappa shape index (κ2) is 4.02. The average Bonchev–Trinajstić information content (AvgIpc) is 3.04. The number of nitrogens with one attached hydrogen (secondary N) is 1. The van der Waals surface area contributed by atoms with E-state index in [9.17, 15) is 4.39 Å². The van der Waals surface area contributed by atoms with Gasteiger partial charge in [0.25, 0.3) is 0 Å². The SMILES string of the molecule is Cc1cccc2c(-c3nc4n[nH]c(N)c4cc3F)cnn12.